The number of nitrogens with one attached hydrogen (secondary N) is 1. The number of benzene rings is 2. The Morgan fingerprint density at radius 2 is 1.52 bits per heavy atom. The fraction of sp³-hybridized carbons (Fsp3) is 0.286. The maximum Gasteiger partial charge on any atom is 0.315 e. The van der Waals surface area contributed by atoms with E-state index in [1.54, 1.807) is 69.6 Å². The van der Waals surface area contributed by atoms with Crippen LogP contribution in [0.5, 0.6) is 0 Å². The van der Waals surface area contributed by atoms with Gasteiger partial charge in [0, 0.05) is 31.8 Å². The van der Waals surface area contributed by atoms with E-state index < -0.39 is 11.4 Å². The molecule has 0 aliphatic rings. The van der Waals surface area contributed by atoms with Crippen molar-refractivity contribution >= 4 is 17.8 Å². The van der Waals surface area contributed by atoms with Gasteiger partial charge in [-0.25, -0.2) is 0 Å². The maximum atomic E-state index is 12.5. The average molecular weight is 368 g/mol. The molecule has 0 radical (unpaired) electrons. The second-order valence-corrected chi connectivity index (χ2v) is 6.57. The molecule has 2 aromatic rings. The maximum absolute atomic E-state index is 12.5. The van der Waals surface area contributed by atoms with Crippen LogP contribution in [-0.4, -0.2) is 48.4 Å². The first-order valence-electron chi connectivity index (χ1n) is 8.70. The molecule has 0 spiro atoms. The first kappa shape index (κ1) is 20.2. The van der Waals surface area contributed by atoms with Crippen LogP contribution in [0.3, 0.4) is 0 Å². The van der Waals surface area contributed by atoms with E-state index in [9.17, 15) is 19.5 Å². The van der Waals surface area contributed by atoms with Gasteiger partial charge in [0.1, 0.15) is 5.41 Å². The van der Waals surface area contributed by atoms with E-state index in [1.165, 1.54) is 4.90 Å². The first-order valence-corrected chi connectivity index (χ1v) is 8.70. The second-order valence-electron chi connectivity index (χ2n) is 6.57. The molecule has 0 heterocycles. The van der Waals surface area contributed by atoms with Gasteiger partial charge < -0.3 is 15.3 Å². The molecule has 142 valence electrons. The third-order valence-corrected chi connectivity index (χ3v) is 4.69. The highest BCUT2D eigenvalue weighted by atomic mass is 16.4. The summed E-state index contributed by atoms with van der Waals surface area (Å²) in [6.45, 7) is 1.76. The van der Waals surface area contributed by atoms with Gasteiger partial charge >= 0.3 is 5.97 Å². The molecule has 2 N–H and O–H groups in total. The molecule has 2 aromatic carbocycles. The molecule has 2 rings (SSSR count). The van der Waals surface area contributed by atoms with Crippen molar-refractivity contribution in [3.63, 3.8) is 0 Å². The Hall–Kier alpha value is -3.15. The monoisotopic (exact) mass is 368 g/mol. The van der Waals surface area contributed by atoms with Crippen LogP contribution in [0, 0.1) is 0 Å². The minimum atomic E-state index is -1.20. The van der Waals surface area contributed by atoms with Gasteiger partial charge in [-0.2, -0.15) is 0 Å². The van der Waals surface area contributed by atoms with Crippen molar-refractivity contribution in [2.24, 2.45) is 0 Å². The van der Waals surface area contributed by atoms with Gasteiger partial charge in [0.25, 0.3) is 11.8 Å². The molecule has 6 nitrogen and oxygen atoms in total. The van der Waals surface area contributed by atoms with Crippen molar-refractivity contribution in [2.45, 2.75) is 18.8 Å². The third-order valence-electron chi connectivity index (χ3n) is 4.69. The van der Waals surface area contributed by atoms with Crippen molar-refractivity contribution in [1.29, 1.82) is 0 Å². The summed E-state index contributed by atoms with van der Waals surface area (Å²) in [5, 5.41) is 12.5. The van der Waals surface area contributed by atoms with Crippen LogP contribution < -0.4 is 5.32 Å². The molecule has 0 bridgehead atoms. The number of carbonyl (C=O) groups excluding carboxylic acids is 2. The van der Waals surface area contributed by atoms with Gasteiger partial charge in [0.05, 0.1) is 0 Å². The average Bonchev–Trinajstić information content (AvgIpc) is 2.68. The van der Waals surface area contributed by atoms with E-state index in [0.29, 0.717) is 23.1 Å². The van der Waals surface area contributed by atoms with Gasteiger partial charge in [-0.05, 0) is 36.2 Å². The zero-order valence-electron chi connectivity index (χ0n) is 15.7. The van der Waals surface area contributed by atoms with Crippen molar-refractivity contribution in [2.75, 3.05) is 20.6 Å². The lowest BCUT2D eigenvalue weighted by molar-refractivity contribution is -0.143. The highest BCUT2D eigenvalue weighted by molar-refractivity contribution is 5.98. The summed E-state index contributed by atoms with van der Waals surface area (Å²) in [7, 11) is 3.31. The number of nitrogens with zero attached hydrogens (tertiary/aromatic N) is 1. The van der Waals surface area contributed by atoms with Crippen LogP contribution in [0.25, 0.3) is 0 Å². The molecule has 27 heavy (non-hydrogen) atoms. The van der Waals surface area contributed by atoms with Crippen LogP contribution in [0.1, 0.15) is 39.6 Å². The number of carboxylic acids is 1. The van der Waals surface area contributed by atoms with Crippen LogP contribution in [0.4, 0.5) is 0 Å². The molecule has 1 atom stereocenters. The lowest BCUT2D eigenvalue weighted by Crippen LogP contribution is -2.46. The molecule has 0 saturated carbocycles. The Morgan fingerprint density at radius 1 is 0.963 bits per heavy atom. The topological polar surface area (TPSA) is 86.7 Å². The van der Waals surface area contributed by atoms with E-state index in [-0.39, 0.29) is 18.4 Å². The molecule has 6 heteroatoms. The van der Waals surface area contributed by atoms with Crippen LogP contribution in [0.15, 0.2) is 54.6 Å². The number of carboxylic acid groups (broad SMARTS) is 1. The fourth-order valence-electron chi connectivity index (χ4n) is 2.89. The van der Waals surface area contributed by atoms with E-state index >= 15 is 0 Å². The lowest BCUT2D eigenvalue weighted by Gasteiger charge is -2.29. The van der Waals surface area contributed by atoms with E-state index in [2.05, 4.69) is 5.32 Å². The standard InChI is InChI=1S/C21H24N2O4/c1-4-21(20(26)27,17-8-6-5-7-9-17)14-22-18(24)15-10-12-16(13-11-15)19(25)23(2)3/h5-13H,4,14H2,1-3H3,(H,22,24)(H,26,27). The summed E-state index contributed by atoms with van der Waals surface area (Å²) < 4.78 is 0. The summed E-state index contributed by atoms with van der Waals surface area (Å²) in [6, 6.07) is 15.2. The lowest BCUT2D eigenvalue weighted by atomic mass is 9.78. The van der Waals surface area contributed by atoms with Crippen molar-refractivity contribution in [3.8, 4) is 0 Å². The largest absolute Gasteiger partial charge is 0.481 e. The first-order chi connectivity index (χ1) is 12.8. The SMILES string of the molecule is CCC(CNC(=O)c1ccc(C(=O)N(C)C)cc1)(C(=O)O)c1ccccc1. The van der Waals surface area contributed by atoms with Crippen LogP contribution in [0.2, 0.25) is 0 Å². The summed E-state index contributed by atoms with van der Waals surface area (Å²) in [5.41, 5.74) is 0.299. The zero-order chi connectivity index (χ0) is 20.0. The van der Waals surface area contributed by atoms with Crippen LogP contribution >= 0.6 is 0 Å². The third kappa shape index (κ3) is 4.34. The zero-order valence-corrected chi connectivity index (χ0v) is 15.7. The predicted molar refractivity (Wildman–Crippen MR) is 103 cm³/mol. The van der Waals surface area contributed by atoms with Gasteiger partial charge in [-0.3, -0.25) is 14.4 Å². The number of carbonyl (C=O) groups is 3. The van der Waals surface area contributed by atoms with Crippen molar-refractivity contribution < 1.29 is 19.5 Å². The Morgan fingerprint density at radius 3 is 2.00 bits per heavy atom. The summed E-state index contributed by atoms with van der Waals surface area (Å²) in [6.07, 6.45) is 0.336. The summed E-state index contributed by atoms with van der Waals surface area (Å²) >= 11 is 0. The minimum absolute atomic E-state index is 0.0277. The smallest absolute Gasteiger partial charge is 0.315 e. The van der Waals surface area contributed by atoms with Crippen molar-refractivity contribution in [1.82, 2.24) is 10.2 Å². The Bertz CT molecular complexity index is 816. The second kappa shape index (κ2) is 8.49. The number of hydrogen-bond donors (Lipinski definition) is 2. The highest BCUT2D eigenvalue weighted by Crippen LogP contribution is 2.28. The van der Waals surface area contributed by atoms with Gasteiger partial charge in [0.15, 0.2) is 0 Å². The Kier molecular flexibility index (Phi) is 6.34. The number of hydrogen-bond acceptors (Lipinski definition) is 3. The number of aliphatic carboxylic acids is 1. The molecule has 0 aromatic heterocycles. The van der Waals surface area contributed by atoms with E-state index in [1.807, 2.05) is 6.07 Å². The highest BCUT2D eigenvalue weighted by Gasteiger charge is 2.39. The van der Waals surface area contributed by atoms with E-state index in [0.717, 1.165) is 0 Å². The predicted octanol–water partition coefficient (Wildman–Crippen LogP) is 2.55. The Labute approximate surface area is 158 Å². The molecular weight excluding hydrogens is 344 g/mol. The molecular formula is C21H24N2O4. The Balaban J connectivity index is 2.17. The number of rotatable bonds is 7. The van der Waals surface area contributed by atoms with E-state index in [4.69, 9.17) is 0 Å². The molecule has 2 amide bonds. The van der Waals surface area contributed by atoms with Gasteiger partial charge in [-0.15, -0.1) is 0 Å². The molecule has 0 aliphatic heterocycles. The molecule has 0 saturated heterocycles. The molecule has 1 unspecified atom stereocenters. The quantitative estimate of drug-likeness (QED) is 0.786. The van der Waals surface area contributed by atoms with Gasteiger partial charge in [0.2, 0.25) is 0 Å². The minimum Gasteiger partial charge on any atom is -0.481 e. The summed E-state index contributed by atoms with van der Waals surface area (Å²) in [5.74, 6) is -1.51. The van der Waals surface area contributed by atoms with Crippen molar-refractivity contribution in [3.05, 3.63) is 71.3 Å². The molecule has 0 fully saturated rings. The normalized spacial score (nSPS) is 12.7. The summed E-state index contributed by atoms with van der Waals surface area (Å²) in [4.78, 5) is 37.8. The van der Waals surface area contributed by atoms with Gasteiger partial charge in [-0.1, -0.05) is 37.3 Å². The number of amides is 2. The fourth-order valence-corrected chi connectivity index (χ4v) is 2.89. The molecule has 0 aliphatic carbocycles. The van der Waals surface area contributed by atoms with Crippen LogP contribution in [-0.2, 0) is 10.2 Å².